The minimum atomic E-state index is -0.521. The molecule has 4 rings (SSSR count). The summed E-state index contributed by atoms with van der Waals surface area (Å²) in [7, 11) is 1.71. The number of methoxy groups -OCH3 is 1. The highest BCUT2D eigenvalue weighted by atomic mass is 19.1. The third-order valence-corrected chi connectivity index (χ3v) is 4.48. The van der Waals surface area contributed by atoms with E-state index in [-0.39, 0.29) is 22.5 Å². The van der Waals surface area contributed by atoms with Gasteiger partial charge in [0.2, 0.25) is 5.43 Å². The van der Waals surface area contributed by atoms with E-state index in [1.54, 1.807) is 25.3 Å². The molecule has 1 atom stereocenters. The third kappa shape index (κ3) is 2.28. The second-order valence-electron chi connectivity index (χ2n) is 5.82. The van der Waals surface area contributed by atoms with Gasteiger partial charge in [0.1, 0.15) is 5.58 Å². The van der Waals surface area contributed by atoms with Crippen LogP contribution in [0.1, 0.15) is 6.42 Å². The summed E-state index contributed by atoms with van der Waals surface area (Å²) >= 11 is 0. The molecule has 23 heavy (non-hydrogen) atoms. The van der Waals surface area contributed by atoms with Crippen LogP contribution in [0, 0.1) is 5.82 Å². The van der Waals surface area contributed by atoms with Gasteiger partial charge in [0.25, 0.3) is 0 Å². The van der Waals surface area contributed by atoms with Crippen LogP contribution in [0.2, 0.25) is 0 Å². The van der Waals surface area contributed by atoms with Gasteiger partial charge in [0.05, 0.1) is 16.9 Å². The maximum Gasteiger partial charge on any atom is 0.200 e. The average Bonchev–Trinajstić information content (AvgIpc) is 3.05. The van der Waals surface area contributed by atoms with Crippen molar-refractivity contribution in [1.29, 1.82) is 0 Å². The van der Waals surface area contributed by atoms with Gasteiger partial charge in [-0.3, -0.25) is 4.79 Å². The summed E-state index contributed by atoms with van der Waals surface area (Å²) in [6, 6.07) is 9.86. The molecule has 0 radical (unpaired) electrons. The smallest absolute Gasteiger partial charge is 0.200 e. The number of ether oxygens (including phenoxy) is 1. The number of fused-ring (bicyclic) bond motifs is 2. The van der Waals surface area contributed by atoms with Crippen LogP contribution in [0.5, 0.6) is 0 Å². The monoisotopic (exact) mass is 313 g/mol. The van der Waals surface area contributed by atoms with E-state index in [1.807, 2.05) is 6.07 Å². The number of nitrogens with zero attached hydrogens (tertiary/aromatic N) is 1. The highest BCUT2D eigenvalue weighted by Gasteiger charge is 2.23. The van der Waals surface area contributed by atoms with Crippen molar-refractivity contribution in [3.8, 4) is 0 Å². The Morgan fingerprint density at radius 3 is 2.91 bits per heavy atom. The SMILES string of the molecule is COC1CCN(c2ccc3c(=O)c4cccc(F)c4oc3c2)C1. The molecule has 0 N–H and O–H groups in total. The van der Waals surface area contributed by atoms with Crippen LogP contribution in [0.4, 0.5) is 10.1 Å². The van der Waals surface area contributed by atoms with Crippen LogP contribution in [-0.2, 0) is 4.74 Å². The van der Waals surface area contributed by atoms with Crippen molar-refractivity contribution < 1.29 is 13.5 Å². The van der Waals surface area contributed by atoms with Crippen molar-refractivity contribution in [3.05, 3.63) is 52.4 Å². The fraction of sp³-hybridized carbons (Fsp3) is 0.278. The highest BCUT2D eigenvalue weighted by Crippen LogP contribution is 2.27. The molecule has 1 aliphatic heterocycles. The molecule has 1 aliphatic rings. The van der Waals surface area contributed by atoms with E-state index in [9.17, 15) is 9.18 Å². The van der Waals surface area contributed by atoms with Crippen molar-refractivity contribution >= 4 is 27.6 Å². The van der Waals surface area contributed by atoms with Gasteiger partial charge in [-0.15, -0.1) is 0 Å². The Hall–Kier alpha value is -2.40. The molecule has 2 aromatic carbocycles. The summed E-state index contributed by atoms with van der Waals surface area (Å²) < 4.78 is 25.0. The highest BCUT2D eigenvalue weighted by molar-refractivity contribution is 5.91. The molecule has 2 heterocycles. The Kier molecular flexibility index (Phi) is 3.31. The topological polar surface area (TPSA) is 42.7 Å². The number of para-hydroxylation sites is 1. The van der Waals surface area contributed by atoms with Gasteiger partial charge in [0, 0.05) is 32.0 Å². The summed E-state index contributed by atoms with van der Waals surface area (Å²) in [6.07, 6.45) is 1.18. The van der Waals surface area contributed by atoms with Crippen LogP contribution in [0.3, 0.4) is 0 Å². The molecule has 0 saturated carbocycles. The van der Waals surface area contributed by atoms with Gasteiger partial charge in [-0.05, 0) is 30.7 Å². The number of hydrogen-bond donors (Lipinski definition) is 0. The summed E-state index contributed by atoms with van der Waals surface area (Å²) in [5.74, 6) is -0.521. The first-order chi connectivity index (χ1) is 11.2. The fourth-order valence-corrected chi connectivity index (χ4v) is 3.18. The van der Waals surface area contributed by atoms with Gasteiger partial charge >= 0.3 is 0 Å². The Balaban J connectivity index is 1.87. The van der Waals surface area contributed by atoms with Crippen LogP contribution in [0.15, 0.2) is 45.6 Å². The van der Waals surface area contributed by atoms with Crippen LogP contribution >= 0.6 is 0 Å². The Labute approximate surface area is 132 Å². The number of anilines is 1. The number of benzene rings is 2. The first kappa shape index (κ1) is 14.2. The van der Waals surface area contributed by atoms with E-state index in [0.717, 1.165) is 25.2 Å². The molecular weight excluding hydrogens is 297 g/mol. The van der Waals surface area contributed by atoms with Crippen LogP contribution in [-0.4, -0.2) is 26.3 Å². The van der Waals surface area contributed by atoms with Crippen molar-refractivity contribution in [2.45, 2.75) is 12.5 Å². The maximum absolute atomic E-state index is 13.9. The molecule has 0 aliphatic carbocycles. The quantitative estimate of drug-likeness (QED) is 0.681. The zero-order valence-corrected chi connectivity index (χ0v) is 12.7. The molecular formula is C18H16FNO3. The normalized spacial score (nSPS) is 18.2. The maximum atomic E-state index is 13.9. The minimum absolute atomic E-state index is 0.0124. The summed E-state index contributed by atoms with van der Waals surface area (Å²) in [4.78, 5) is 14.7. The molecule has 0 spiro atoms. The van der Waals surface area contributed by atoms with Gasteiger partial charge < -0.3 is 14.1 Å². The second kappa shape index (κ2) is 5.35. The Morgan fingerprint density at radius 2 is 2.13 bits per heavy atom. The lowest BCUT2D eigenvalue weighted by atomic mass is 10.1. The molecule has 118 valence electrons. The van der Waals surface area contributed by atoms with Gasteiger partial charge in [-0.1, -0.05) is 6.07 Å². The van der Waals surface area contributed by atoms with Gasteiger partial charge in [0.15, 0.2) is 11.4 Å². The number of hydrogen-bond acceptors (Lipinski definition) is 4. The summed E-state index contributed by atoms with van der Waals surface area (Å²) in [5.41, 5.74) is 1.17. The van der Waals surface area contributed by atoms with Crippen molar-refractivity contribution in [2.75, 3.05) is 25.1 Å². The average molecular weight is 313 g/mol. The summed E-state index contributed by atoms with van der Waals surface area (Å²) in [6.45, 7) is 1.68. The van der Waals surface area contributed by atoms with E-state index >= 15 is 0 Å². The zero-order valence-electron chi connectivity index (χ0n) is 12.7. The van der Waals surface area contributed by atoms with Crippen molar-refractivity contribution in [3.63, 3.8) is 0 Å². The second-order valence-corrected chi connectivity index (χ2v) is 5.82. The molecule has 3 aromatic rings. The first-order valence-corrected chi connectivity index (χ1v) is 7.60. The van der Waals surface area contributed by atoms with E-state index in [4.69, 9.17) is 9.15 Å². The summed E-state index contributed by atoms with van der Waals surface area (Å²) in [5, 5.41) is 0.736. The Bertz CT molecular complexity index is 950. The molecule has 5 heteroatoms. The lowest BCUT2D eigenvalue weighted by Crippen LogP contribution is -2.22. The van der Waals surface area contributed by atoms with Crippen LogP contribution in [0.25, 0.3) is 21.9 Å². The molecule has 1 unspecified atom stereocenters. The molecule has 1 saturated heterocycles. The van der Waals surface area contributed by atoms with Gasteiger partial charge in [-0.2, -0.15) is 0 Å². The van der Waals surface area contributed by atoms with E-state index in [2.05, 4.69) is 4.90 Å². The largest absolute Gasteiger partial charge is 0.453 e. The first-order valence-electron chi connectivity index (χ1n) is 7.60. The lowest BCUT2D eigenvalue weighted by Gasteiger charge is -2.18. The molecule has 0 bridgehead atoms. The molecule has 1 fully saturated rings. The predicted octanol–water partition coefficient (Wildman–Crippen LogP) is 3.31. The minimum Gasteiger partial charge on any atom is -0.453 e. The number of rotatable bonds is 2. The zero-order chi connectivity index (χ0) is 16.0. The number of halogens is 1. The van der Waals surface area contributed by atoms with Gasteiger partial charge in [-0.25, -0.2) is 4.39 Å². The lowest BCUT2D eigenvalue weighted by molar-refractivity contribution is 0.121. The van der Waals surface area contributed by atoms with Crippen LogP contribution < -0.4 is 10.3 Å². The standard InChI is InChI=1S/C18H16FNO3/c1-22-12-7-8-20(10-12)11-5-6-13-16(9-11)23-18-14(17(13)21)3-2-4-15(18)19/h2-6,9,12H,7-8,10H2,1H3. The molecule has 4 nitrogen and oxygen atoms in total. The third-order valence-electron chi connectivity index (χ3n) is 4.48. The van der Waals surface area contributed by atoms with Crippen molar-refractivity contribution in [1.82, 2.24) is 0 Å². The fourth-order valence-electron chi connectivity index (χ4n) is 3.18. The predicted molar refractivity (Wildman–Crippen MR) is 87.6 cm³/mol. The Morgan fingerprint density at radius 1 is 1.26 bits per heavy atom. The van der Waals surface area contributed by atoms with E-state index in [1.165, 1.54) is 12.1 Å². The molecule has 0 amide bonds. The van der Waals surface area contributed by atoms with Crippen molar-refractivity contribution in [2.24, 2.45) is 0 Å². The molecule has 1 aromatic heterocycles. The van der Waals surface area contributed by atoms with E-state index in [0.29, 0.717) is 11.0 Å². The van der Waals surface area contributed by atoms with E-state index < -0.39 is 5.82 Å².